The number of carbonyl (C=O) groups excluding carboxylic acids is 1. The van der Waals surface area contributed by atoms with Gasteiger partial charge in [-0.1, -0.05) is 0 Å². The Morgan fingerprint density at radius 3 is 2.82 bits per heavy atom. The Balaban J connectivity index is 2.83. The number of rotatable bonds is 0. The lowest BCUT2D eigenvalue weighted by Crippen LogP contribution is -2.21. The number of sulfonamides is 1. The monoisotopic (exact) mass is 173 g/mol. The minimum atomic E-state index is -3.60. The largest absolute Gasteiger partial charge is 0.284 e. The summed E-state index contributed by atoms with van der Waals surface area (Å²) in [5.74, 6) is -0.655. The Morgan fingerprint density at radius 2 is 2.18 bits per heavy atom. The van der Waals surface area contributed by atoms with Gasteiger partial charge in [-0.05, 0) is 0 Å². The minimum Gasteiger partial charge on any atom is -0.272 e. The first-order valence-corrected chi connectivity index (χ1v) is 4.20. The quantitative estimate of drug-likeness (QED) is 0.517. The Hall–Kier alpha value is -1.37. The molecule has 1 amide bonds. The average Bonchev–Trinajstić information content (AvgIpc) is 2.37. The molecule has 0 saturated carbocycles. The highest BCUT2D eigenvalue weighted by Crippen LogP contribution is 2.18. The van der Waals surface area contributed by atoms with E-state index in [0.29, 0.717) is 0 Å². The van der Waals surface area contributed by atoms with E-state index in [1.807, 2.05) is 0 Å². The smallest absolute Gasteiger partial charge is 0.272 e. The van der Waals surface area contributed by atoms with Crippen LogP contribution in [0.4, 0.5) is 0 Å². The van der Waals surface area contributed by atoms with E-state index in [4.69, 9.17) is 0 Å². The van der Waals surface area contributed by atoms with Gasteiger partial charge in [0.15, 0.2) is 0 Å². The summed E-state index contributed by atoms with van der Waals surface area (Å²) < 4.78 is 23.7. The van der Waals surface area contributed by atoms with E-state index in [2.05, 4.69) is 10.2 Å². The van der Waals surface area contributed by atoms with Crippen LogP contribution in [0.3, 0.4) is 0 Å². The zero-order valence-corrected chi connectivity index (χ0v) is 5.97. The fourth-order valence-corrected chi connectivity index (χ4v) is 1.92. The predicted molar refractivity (Wildman–Crippen MR) is 33.2 cm³/mol. The van der Waals surface area contributed by atoms with E-state index in [1.165, 1.54) is 0 Å². The Bertz CT molecular complexity index is 418. The normalized spacial score (nSPS) is 19.5. The van der Waals surface area contributed by atoms with Crippen molar-refractivity contribution >= 4 is 15.9 Å². The molecule has 11 heavy (non-hydrogen) atoms. The van der Waals surface area contributed by atoms with E-state index in [-0.39, 0.29) is 10.6 Å². The van der Waals surface area contributed by atoms with Gasteiger partial charge in [-0.2, -0.15) is 5.10 Å². The lowest BCUT2D eigenvalue weighted by atomic mass is 10.4. The maximum Gasteiger partial charge on any atom is 0.284 e. The number of amides is 1. The third-order valence-electron chi connectivity index (χ3n) is 1.35. The van der Waals surface area contributed by atoms with Crippen molar-refractivity contribution in [1.82, 2.24) is 14.9 Å². The van der Waals surface area contributed by atoms with Crippen molar-refractivity contribution in [2.45, 2.75) is 4.90 Å². The molecule has 1 aromatic rings. The molecule has 0 atom stereocenters. The molecule has 0 bridgehead atoms. The highest BCUT2D eigenvalue weighted by molar-refractivity contribution is 7.90. The predicted octanol–water partition coefficient (Wildman–Crippen LogP) is -1.16. The Labute approximate surface area is 61.7 Å². The Morgan fingerprint density at radius 1 is 1.45 bits per heavy atom. The third kappa shape index (κ3) is 0.679. The van der Waals surface area contributed by atoms with E-state index in [1.54, 1.807) is 4.72 Å². The van der Waals surface area contributed by atoms with Gasteiger partial charge in [0.2, 0.25) is 0 Å². The lowest BCUT2D eigenvalue weighted by Gasteiger charge is -1.88. The molecule has 0 fully saturated rings. The molecule has 58 valence electrons. The van der Waals surface area contributed by atoms with Crippen molar-refractivity contribution in [2.75, 3.05) is 0 Å². The van der Waals surface area contributed by atoms with Crippen LogP contribution in [-0.4, -0.2) is 24.5 Å². The van der Waals surface area contributed by atoms with Crippen LogP contribution in [0.15, 0.2) is 11.1 Å². The van der Waals surface area contributed by atoms with Crippen LogP contribution in [0, 0.1) is 0 Å². The molecule has 1 aliphatic heterocycles. The van der Waals surface area contributed by atoms with Crippen LogP contribution in [-0.2, 0) is 10.0 Å². The number of aromatic amines is 1. The van der Waals surface area contributed by atoms with E-state index in [0.717, 1.165) is 6.20 Å². The topological polar surface area (TPSA) is 91.9 Å². The second-order valence-corrected chi connectivity index (χ2v) is 3.69. The Kier molecular flexibility index (Phi) is 0.933. The molecule has 0 aliphatic carbocycles. The summed E-state index contributed by atoms with van der Waals surface area (Å²) in [6.45, 7) is 0. The van der Waals surface area contributed by atoms with Gasteiger partial charge in [0.25, 0.3) is 15.9 Å². The molecule has 0 unspecified atom stereocenters. The number of carbonyl (C=O) groups is 1. The van der Waals surface area contributed by atoms with Crippen LogP contribution in [0.2, 0.25) is 0 Å². The number of nitrogens with one attached hydrogen (secondary N) is 2. The molecule has 6 nitrogen and oxygen atoms in total. The SMILES string of the molecule is O=C1NS(=O)(=O)c2cn[nH]c21. The zero-order valence-electron chi connectivity index (χ0n) is 5.16. The summed E-state index contributed by atoms with van der Waals surface area (Å²) in [6.07, 6.45) is 1.10. The first-order valence-electron chi connectivity index (χ1n) is 2.72. The second-order valence-electron chi connectivity index (χ2n) is 2.04. The van der Waals surface area contributed by atoms with Gasteiger partial charge >= 0.3 is 0 Å². The van der Waals surface area contributed by atoms with Crippen LogP contribution in [0.25, 0.3) is 0 Å². The van der Waals surface area contributed by atoms with Crippen molar-refractivity contribution < 1.29 is 13.2 Å². The molecule has 0 aromatic carbocycles. The molecule has 1 aromatic heterocycles. The summed E-state index contributed by atoms with van der Waals surface area (Å²) in [5, 5.41) is 5.71. The van der Waals surface area contributed by atoms with Gasteiger partial charge in [-0.25, -0.2) is 13.1 Å². The van der Waals surface area contributed by atoms with Gasteiger partial charge in [-0.15, -0.1) is 0 Å². The van der Waals surface area contributed by atoms with Crippen molar-refractivity contribution in [3.8, 4) is 0 Å². The van der Waals surface area contributed by atoms with Crippen LogP contribution >= 0.6 is 0 Å². The number of hydrogen-bond donors (Lipinski definition) is 2. The van der Waals surface area contributed by atoms with E-state index >= 15 is 0 Å². The summed E-state index contributed by atoms with van der Waals surface area (Å²) in [5.41, 5.74) is 0.00463. The number of hydrogen-bond acceptors (Lipinski definition) is 4. The van der Waals surface area contributed by atoms with Crippen LogP contribution < -0.4 is 4.72 Å². The summed E-state index contributed by atoms with van der Waals surface area (Å²) in [4.78, 5) is 10.7. The van der Waals surface area contributed by atoms with Gasteiger partial charge in [0.05, 0.1) is 6.20 Å². The van der Waals surface area contributed by atoms with Crippen molar-refractivity contribution in [3.05, 3.63) is 11.9 Å². The highest BCUT2D eigenvalue weighted by atomic mass is 32.2. The number of H-pyrrole nitrogens is 1. The second kappa shape index (κ2) is 1.62. The molecule has 2 N–H and O–H groups in total. The van der Waals surface area contributed by atoms with Crippen molar-refractivity contribution in [1.29, 1.82) is 0 Å². The van der Waals surface area contributed by atoms with Crippen LogP contribution in [0.5, 0.6) is 0 Å². The molecule has 0 radical (unpaired) electrons. The maximum absolute atomic E-state index is 10.9. The van der Waals surface area contributed by atoms with Gasteiger partial charge in [0, 0.05) is 0 Å². The van der Waals surface area contributed by atoms with Gasteiger partial charge < -0.3 is 0 Å². The van der Waals surface area contributed by atoms with E-state index in [9.17, 15) is 13.2 Å². The molecule has 1 aliphatic rings. The first-order chi connectivity index (χ1) is 5.11. The van der Waals surface area contributed by atoms with E-state index < -0.39 is 15.9 Å². The molecule has 0 spiro atoms. The summed E-state index contributed by atoms with van der Waals surface area (Å²) >= 11 is 0. The highest BCUT2D eigenvalue weighted by Gasteiger charge is 2.34. The molecule has 2 heterocycles. The van der Waals surface area contributed by atoms with Crippen molar-refractivity contribution in [2.24, 2.45) is 0 Å². The summed E-state index contributed by atoms with van der Waals surface area (Å²) in [6, 6.07) is 0. The van der Waals surface area contributed by atoms with Gasteiger partial charge in [-0.3, -0.25) is 9.89 Å². The lowest BCUT2D eigenvalue weighted by molar-refractivity contribution is 0.0980. The number of nitrogens with zero attached hydrogens (tertiary/aromatic N) is 1. The fraction of sp³-hybridized carbons (Fsp3) is 0. The van der Waals surface area contributed by atoms with Crippen molar-refractivity contribution in [3.63, 3.8) is 0 Å². The fourth-order valence-electron chi connectivity index (χ4n) is 0.870. The minimum absolute atomic E-state index is 0.00463. The van der Waals surface area contributed by atoms with Gasteiger partial charge in [0.1, 0.15) is 10.6 Å². The number of fused-ring (bicyclic) bond motifs is 1. The number of aromatic nitrogens is 2. The van der Waals surface area contributed by atoms with Crippen LogP contribution in [0.1, 0.15) is 10.5 Å². The average molecular weight is 173 g/mol. The molecule has 7 heteroatoms. The molecule has 2 rings (SSSR count). The first kappa shape index (κ1) is 6.35. The molecular weight excluding hydrogens is 170 g/mol. The molecular formula is C4H3N3O3S. The maximum atomic E-state index is 10.9. The third-order valence-corrected chi connectivity index (χ3v) is 2.69. The molecule has 0 saturated heterocycles. The summed E-state index contributed by atoms with van der Waals surface area (Å²) in [7, 11) is -3.60. The standard InChI is InChI=1S/C4H3N3O3S/c8-4-3-2(1-5-6-3)11(9,10)7-4/h1H,(H,5,6)(H,7,8). The zero-order chi connectivity index (χ0) is 8.06.